The molecule has 0 radical (unpaired) electrons. The highest BCUT2D eigenvalue weighted by molar-refractivity contribution is 7.91. The Balaban J connectivity index is 3.27. The van der Waals surface area contributed by atoms with Gasteiger partial charge in [-0.2, -0.15) is 0 Å². The first-order valence-electron chi connectivity index (χ1n) is 5.08. The molecule has 4 nitrogen and oxygen atoms in total. The molecule has 0 heterocycles. The Morgan fingerprint density at radius 2 is 2.12 bits per heavy atom. The fourth-order valence-electron chi connectivity index (χ4n) is 1.44. The minimum Gasteiger partial charge on any atom is -0.496 e. The zero-order valence-electron chi connectivity index (χ0n) is 9.76. The Bertz CT molecular complexity index is 524. The third kappa shape index (κ3) is 3.41. The molecule has 0 unspecified atom stereocenters. The van der Waals surface area contributed by atoms with Crippen molar-refractivity contribution in [3.63, 3.8) is 0 Å². The van der Waals surface area contributed by atoms with Crippen LogP contribution in [-0.4, -0.2) is 26.3 Å². The molecule has 0 amide bonds. The van der Waals surface area contributed by atoms with Crippen molar-refractivity contribution in [2.75, 3.05) is 12.9 Å². The summed E-state index contributed by atoms with van der Waals surface area (Å²) in [5.41, 5.74) is 6.16. The van der Waals surface area contributed by atoms with Gasteiger partial charge in [0, 0.05) is 12.0 Å². The normalized spacial score (nSPS) is 11.2. The van der Waals surface area contributed by atoms with E-state index in [9.17, 15) is 8.42 Å². The summed E-state index contributed by atoms with van der Waals surface area (Å²) in [4.78, 5) is 0.571. The molecule has 0 bridgehead atoms. The topological polar surface area (TPSA) is 69.4 Å². The standard InChI is InChI=1S/C11H15NO3S2/c1-3-17(13,14)9-4-5-10(15-2)8(6-9)7-11(12)16/h4-6H,3,7H2,1-2H3,(H2,12,16). The van der Waals surface area contributed by atoms with Crippen molar-refractivity contribution in [3.05, 3.63) is 23.8 Å². The molecule has 17 heavy (non-hydrogen) atoms. The van der Waals surface area contributed by atoms with Crippen LogP contribution in [0.5, 0.6) is 5.75 Å². The van der Waals surface area contributed by atoms with Gasteiger partial charge in [-0.1, -0.05) is 19.1 Å². The van der Waals surface area contributed by atoms with Crippen LogP contribution in [0.4, 0.5) is 0 Å². The van der Waals surface area contributed by atoms with Gasteiger partial charge < -0.3 is 10.5 Å². The molecule has 0 aliphatic heterocycles. The molecule has 0 aliphatic carbocycles. The summed E-state index contributed by atoms with van der Waals surface area (Å²) in [7, 11) is -1.70. The second-order valence-electron chi connectivity index (χ2n) is 3.52. The molecular weight excluding hydrogens is 258 g/mol. The minimum atomic E-state index is -3.22. The van der Waals surface area contributed by atoms with Crippen molar-refractivity contribution < 1.29 is 13.2 Å². The Labute approximate surface area is 107 Å². The molecular formula is C11H15NO3S2. The molecule has 94 valence electrons. The number of ether oxygens (including phenoxy) is 1. The predicted molar refractivity (Wildman–Crippen MR) is 71.2 cm³/mol. The van der Waals surface area contributed by atoms with Gasteiger partial charge in [0.2, 0.25) is 0 Å². The lowest BCUT2D eigenvalue weighted by atomic mass is 10.1. The first-order chi connectivity index (χ1) is 7.90. The van der Waals surface area contributed by atoms with Crippen molar-refractivity contribution in [3.8, 4) is 5.75 Å². The van der Waals surface area contributed by atoms with E-state index >= 15 is 0 Å². The molecule has 0 atom stereocenters. The Kier molecular flexibility index (Phi) is 4.47. The number of sulfone groups is 1. The Morgan fingerprint density at radius 3 is 2.59 bits per heavy atom. The molecule has 0 aromatic heterocycles. The fraction of sp³-hybridized carbons (Fsp3) is 0.364. The number of nitrogens with two attached hydrogens (primary N) is 1. The van der Waals surface area contributed by atoms with Gasteiger partial charge in [0.25, 0.3) is 0 Å². The monoisotopic (exact) mass is 273 g/mol. The molecule has 0 fully saturated rings. The van der Waals surface area contributed by atoms with E-state index in [0.717, 1.165) is 0 Å². The summed E-state index contributed by atoms with van der Waals surface area (Å²) >= 11 is 4.82. The van der Waals surface area contributed by atoms with Gasteiger partial charge in [0.15, 0.2) is 9.84 Å². The Morgan fingerprint density at radius 1 is 1.47 bits per heavy atom. The molecule has 6 heteroatoms. The van der Waals surface area contributed by atoms with Crippen LogP contribution in [0, 0.1) is 0 Å². The quantitative estimate of drug-likeness (QED) is 0.819. The second kappa shape index (κ2) is 5.46. The molecule has 1 rings (SSSR count). The molecule has 0 spiro atoms. The highest BCUT2D eigenvalue weighted by Crippen LogP contribution is 2.23. The molecule has 2 N–H and O–H groups in total. The van der Waals surface area contributed by atoms with Crippen LogP contribution in [-0.2, 0) is 16.3 Å². The second-order valence-corrected chi connectivity index (χ2v) is 6.32. The van der Waals surface area contributed by atoms with Crippen LogP contribution in [0.3, 0.4) is 0 Å². The number of hydrogen-bond acceptors (Lipinski definition) is 4. The molecule has 0 saturated carbocycles. The van der Waals surface area contributed by atoms with E-state index in [4.69, 9.17) is 22.7 Å². The van der Waals surface area contributed by atoms with Gasteiger partial charge in [-0.05, 0) is 18.2 Å². The number of thiocarbonyl (C=S) groups is 1. The number of benzene rings is 1. The van der Waals surface area contributed by atoms with E-state index in [1.165, 1.54) is 13.2 Å². The average Bonchev–Trinajstić information content (AvgIpc) is 2.28. The van der Waals surface area contributed by atoms with Crippen LogP contribution in [0.15, 0.2) is 23.1 Å². The lowest BCUT2D eigenvalue weighted by Gasteiger charge is -2.10. The van der Waals surface area contributed by atoms with Gasteiger partial charge in [0.1, 0.15) is 5.75 Å². The van der Waals surface area contributed by atoms with Crippen molar-refractivity contribution in [2.24, 2.45) is 5.73 Å². The van der Waals surface area contributed by atoms with Gasteiger partial charge in [0.05, 0.1) is 22.7 Å². The summed E-state index contributed by atoms with van der Waals surface area (Å²) in [6, 6.07) is 4.72. The fourth-order valence-corrected chi connectivity index (χ4v) is 2.53. The van der Waals surface area contributed by atoms with E-state index in [1.807, 2.05) is 0 Å². The van der Waals surface area contributed by atoms with E-state index in [0.29, 0.717) is 22.7 Å². The smallest absolute Gasteiger partial charge is 0.178 e. The van der Waals surface area contributed by atoms with Crippen LogP contribution in [0.2, 0.25) is 0 Å². The Hall–Kier alpha value is -1.14. The SMILES string of the molecule is CCS(=O)(=O)c1ccc(OC)c(CC(N)=S)c1. The van der Waals surface area contributed by atoms with Crippen LogP contribution in [0.25, 0.3) is 0 Å². The van der Waals surface area contributed by atoms with Crippen molar-refractivity contribution in [1.82, 2.24) is 0 Å². The van der Waals surface area contributed by atoms with E-state index in [1.54, 1.807) is 19.1 Å². The van der Waals surface area contributed by atoms with Crippen LogP contribution >= 0.6 is 12.2 Å². The maximum absolute atomic E-state index is 11.7. The van der Waals surface area contributed by atoms with Gasteiger partial charge in [-0.25, -0.2) is 8.42 Å². The summed E-state index contributed by atoms with van der Waals surface area (Å²) in [5, 5.41) is 0. The first kappa shape index (κ1) is 13.9. The average molecular weight is 273 g/mol. The van der Waals surface area contributed by atoms with E-state index in [-0.39, 0.29) is 10.6 Å². The lowest BCUT2D eigenvalue weighted by molar-refractivity contribution is 0.410. The maximum Gasteiger partial charge on any atom is 0.178 e. The molecule has 0 aliphatic rings. The zero-order valence-corrected chi connectivity index (χ0v) is 11.4. The third-order valence-corrected chi connectivity index (χ3v) is 4.23. The third-order valence-electron chi connectivity index (χ3n) is 2.36. The number of hydrogen-bond donors (Lipinski definition) is 1. The number of methoxy groups -OCH3 is 1. The lowest BCUT2D eigenvalue weighted by Crippen LogP contribution is -2.13. The maximum atomic E-state index is 11.7. The number of rotatable bonds is 5. The van der Waals surface area contributed by atoms with E-state index in [2.05, 4.69) is 0 Å². The van der Waals surface area contributed by atoms with Crippen molar-refractivity contribution in [1.29, 1.82) is 0 Å². The van der Waals surface area contributed by atoms with Crippen molar-refractivity contribution in [2.45, 2.75) is 18.2 Å². The van der Waals surface area contributed by atoms with Crippen LogP contribution in [0.1, 0.15) is 12.5 Å². The summed E-state index contributed by atoms with van der Waals surface area (Å²) < 4.78 is 28.6. The molecule has 0 saturated heterocycles. The summed E-state index contributed by atoms with van der Waals surface area (Å²) in [6.45, 7) is 1.60. The van der Waals surface area contributed by atoms with Crippen molar-refractivity contribution >= 4 is 27.0 Å². The van der Waals surface area contributed by atoms with Gasteiger partial charge in [-0.15, -0.1) is 0 Å². The molecule has 1 aromatic carbocycles. The molecule has 1 aromatic rings. The van der Waals surface area contributed by atoms with Gasteiger partial charge in [-0.3, -0.25) is 0 Å². The highest BCUT2D eigenvalue weighted by Gasteiger charge is 2.14. The first-order valence-corrected chi connectivity index (χ1v) is 7.14. The van der Waals surface area contributed by atoms with Gasteiger partial charge >= 0.3 is 0 Å². The predicted octanol–water partition coefficient (Wildman–Crippen LogP) is 1.32. The van der Waals surface area contributed by atoms with Crippen LogP contribution < -0.4 is 10.5 Å². The minimum absolute atomic E-state index is 0.0613. The summed E-state index contributed by atoms with van der Waals surface area (Å²) in [5.74, 6) is 0.652. The highest BCUT2D eigenvalue weighted by atomic mass is 32.2. The zero-order chi connectivity index (χ0) is 13.1. The summed E-state index contributed by atoms with van der Waals surface area (Å²) in [6.07, 6.45) is 0.325. The largest absolute Gasteiger partial charge is 0.496 e. The van der Waals surface area contributed by atoms with E-state index < -0.39 is 9.84 Å².